The normalized spacial score (nSPS) is 10.3. The molecule has 6 heteroatoms. The SMILES string of the molecule is COc1ccc(-c2csc(NC(=O)c3cccs3)n2)cc1. The number of nitrogens with zero attached hydrogens (tertiary/aromatic N) is 1. The van der Waals surface area contributed by atoms with E-state index in [-0.39, 0.29) is 5.91 Å². The van der Waals surface area contributed by atoms with Crippen molar-refractivity contribution >= 4 is 33.7 Å². The van der Waals surface area contributed by atoms with Crippen molar-refractivity contribution in [1.29, 1.82) is 0 Å². The second-order valence-corrected chi connectivity index (χ2v) is 6.00. The molecule has 1 N–H and O–H groups in total. The monoisotopic (exact) mass is 316 g/mol. The highest BCUT2D eigenvalue weighted by atomic mass is 32.1. The maximum atomic E-state index is 12.0. The number of benzene rings is 1. The quantitative estimate of drug-likeness (QED) is 0.787. The van der Waals surface area contributed by atoms with Gasteiger partial charge in [-0.25, -0.2) is 4.98 Å². The standard InChI is InChI=1S/C15H12N2O2S2/c1-19-11-6-4-10(5-7-11)12-9-21-15(16-12)17-14(18)13-3-2-8-20-13/h2-9H,1H3,(H,16,17,18). The molecule has 0 atom stereocenters. The topological polar surface area (TPSA) is 51.2 Å². The van der Waals surface area contributed by atoms with E-state index in [2.05, 4.69) is 10.3 Å². The molecule has 0 radical (unpaired) electrons. The van der Waals surface area contributed by atoms with Crippen LogP contribution in [-0.2, 0) is 0 Å². The lowest BCUT2D eigenvalue weighted by atomic mass is 10.2. The number of ether oxygens (including phenoxy) is 1. The van der Waals surface area contributed by atoms with Crippen LogP contribution in [0.4, 0.5) is 5.13 Å². The van der Waals surface area contributed by atoms with Gasteiger partial charge in [0.2, 0.25) is 0 Å². The molecule has 2 aromatic heterocycles. The Hall–Kier alpha value is -2.18. The second kappa shape index (κ2) is 6.07. The predicted octanol–water partition coefficient (Wildman–Crippen LogP) is 4.13. The van der Waals surface area contributed by atoms with Crippen LogP contribution >= 0.6 is 22.7 Å². The van der Waals surface area contributed by atoms with Gasteiger partial charge in [0.05, 0.1) is 17.7 Å². The summed E-state index contributed by atoms with van der Waals surface area (Å²) in [5, 5.41) is 7.20. The first-order valence-corrected chi connectivity index (χ1v) is 7.97. The molecule has 0 aliphatic heterocycles. The zero-order chi connectivity index (χ0) is 14.7. The second-order valence-electron chi connectivity index (χ2n) is 4.20. The average Bonchev–Trinajstić information content (AvgIpc) is 3.19. The van der Waals surface area contributed by atoms with Gasteiger partial charge in [-0.1, -0.05) is 6.07 Å². The van der Waals surface area contributed by atoms with Gasteiger partial charge in [0.15, 0.2) is 5.13 Å². The van der Waals surface area contributed by atoms with Gasteiger partial charge in [-0.05, 0) is 35.7 Å². The summed E-state index contributed by atoms with van der Waals surface area (Å²) >= 11 is 2.82. The Kier molecular flexibility index (Phi) is 3.98. The van der Waals surface area contributed by atoms with Crippen molar-refractivity contribution in [3.63, 3.8) is 0 Å². The third kappa shape index (κ3) is 3.12. The van der Waals surface area contributed by atoms with E-state index < -0.39 is 0 Å². The van der Waals surface area contributed by atoms with E-state index in [4.69, 9.17) is 4.74 Å². The van der Waals surface area contributed by atoms with Crippen LogP contribution in [0.1, 0.15) is 9.67 Å². The minimum atomic E-state index is -0.124. The first-order valence-electron chi connectivity index (χ1n) is 6.21. The van der Waals surface area contributed by atoms with Gasteiger partial charge in [0.1, 0.15) is 5.75 Å². The van der Waals surface area contributed by atoms with Crippen molar-refractivity contribution in [1.82, 2.24) is 4.98 Å². The highest BCUT2D eigenvalue weighted by Gasteiger charge is 2.10. The maximum absolute atomic E-state index is 12.0. The molecule has 106 valence electrons. The largest absolute Gasteiger partial charge is 0.497 e. The molecule has 0 aliphatic carbocycles. The van der Waals surface area contributed by atoms with Crippen LogP contribution < -0.4 is 10.1 Å². The van der Waals surface area contributed by atoms with Gasteiger partial charge in [0.25, 0.3) is 5.91 Å². The highest BCUT2D eigenvalue weighted by Crippen LogP contribution is 2.26. The predicted molar refractivity (Wildman–Crippen MR) is 86.4 cm³/mol. The summed E-state index contributed by atoms with van der Waals surface area (Å²) < 4.78 is 5.13. The van der Waals surface area contributed by atoms with Crippen LogP contribution in [0.5, 0.6) is 5.75 Å². The summed E-state index contributed by atoms with van der Waals surface area (Å²) in [6, 6.07) is 11.3. The van der Waals surface area contributed by atoms with Gasteiger partial charge < -0.3 is 4.74 Å². The zero-order valence-electron chi connectivity index (χ0n) is 11.2. The van der Waals surface area contributed by atoms with Crippen LogP contribution in [0, 0.1) is 0 Å². The number of thiazole rings is 1. The Morgan fingerprint density at radius 3 is 2.67 bits per heavy atom. The van der Waals surface area contributed by atoms with Gasteiger partial charge >= 0.3 is 0 Å². The van der Waals surface area contributed by atoms with Crippen molar-refractivity contribution in [2.45, 2.75) is 0 Å². The number of carbonyl (C=O) groups is 1. The van der Waals surface area contributed by atoms with E-state index >= 15 is 0 Å². The summed E-state index contributed by atoms with van der Waals surface area (Å²) in [4.78, 5) is 17.1. The molecule has 3 rings (SSSR count). The third-order valence-corrected chi connectivity index (χ3v) is 4.48. The molecule has 2 heterocycles. The van der Waals surface area contributed by atoms with E-state index in [0.29, 0.717) is 10.0 Å². The maximum Gasteiger partial charge on any atom is 0.267 e. The Morgan fingerprint density at radius 2 is 2.00 bits per heavy atom. The van der Waals surface area contributed by atoms with Crippen molar-refractivity contribution in [2.24, 2.45) is 0 Å². The lowest BCUT2D eigenvalue weighted by Crippen LogP contribution is -2.09. The molecule has 0 aliphatic rings. The summed E-state index contributed by atoms with van der Waals surface area (Å²) in [5.41, 5.74) is 1.83. The first-order chi connectivity index (χ1) is 10.3. The number of amides is 1. The van der Waals surface area contributed by atoms with Crippen LogP contribution in [0.3, 0.4) is 0 Å². The number of carbonyl (C=O) groups excluding carboxylic acids is 1. The van der Waals surface area contributed by atoms with Gasteiger partial charge in [0, 0.05) is 10.9 Å². The van der Waals surface area contributed by atoms with Gasteiger partial charge in [-0.3, -0.25) is 10.1 Å². The lowest BCUT2D eigenvalue weighted by molar-refractivity contribution is 0.103. The Bertz CT molecular complexity index is 733. The van der Waals surface area contributed by atoms with E-state index in [0.717, 1.165) is 17.0 Å². The van der Waals surface area contributed by atoms with Crippen molar-refractivity contribution < 1.29 is 9.53 Å². The molecule has 0 fully saturated rings. The molecule has 0 spiro atoms. The lowest BCUT2D eigenvalue weighted by Gasteiger charge is -2.01. The van der Waals surface area contributed by atoms with Crippen LogP contribution in [0.25, 0.3) is 11.3 Å². The fourth-order valence-corrected chi connectivity index (χ4v) is 3.13. The highest BCUT2D eigenvalue weighted by molar-refractivity contribution is 7.14. The van der Waals surface area contributed by atoms with E-state index in [1.54, 1.807) is 13.2 Å². The molecule has 3 aromatic rings. The average molecular weight is 316 g/mol. The fraction of sp³-hybridized carbons (Fsp3) is 0.0667. The molecule has 0 saturated carbocycles. The number of nitrogens with one attached hydrogen (secondary N) is 1. The minimum Gasteiger partial charge on any atom is -0.497 e. The Morgan fingerprint density at radius 1 is 1.19 bits per heavy atom. The molecular weight excluding hydrogens is 304 g/mol. The fourth-order valence-electron chi connectivity index (χ4n) is 1.79. The molecule has 0 bridgehead atoms. The number of anilines is 1. The summed E-state index contributed by atoms with van der Waals surface area (Å²) in [7, 11) is 1.63. The number of hydrogen-bond donors (Lipinski definition) is 1. The van der Waals surface area contributed by atoms with Gasteiger partial charge in [-0.15, -0.1) is 22.7 Å². The number of aromatic nitrogens is 1. The molecular formula is C15H12N2O2S2. The molecule has 4 nitrogen and oxygen atoms in total. The molecule has 1 amide bonds. The smallest absolute Gasteiger partial charge is 0.267 e. The number of methoxy groups -OCH3 is 1. The van der Waals surface area contributed by atoms with E-state index in [1.807, 2.05) is 41.1 Å². The number of hydrogen-bond acceptors (Lipinski definition) is 5. The number of rotatable bonds is 4. The van der Waals surface area contributed by atoms with Crippen LogP contribution in [0.15, 0.2) is 47.2 Å². The molecule has 0 saturated heterocycles. The van der Waals surface area contributed by atoms with Crippen LogP contribution in [0.2, 0.25) is 0 Å². The Labute approximate surface area is 130 Å². The number of thiophene rings is 1. The first kappa shape index (κ1) is 13.8. The summed E-state index contributed by atoms with van der Waals surface area (Å²) in [6.45, 7) is 0. The minimum absolute atomic E-state index is 0.124. The van der Waals surface area contributed by atoms with Gasteiger partial charge in [-0.2, -0.15) is 0 Å². The zero-order valence-corrected chi connectivity index (χ0v) is 12.8. The molecule has 1 aromatic carbocycles. The Balaban J connectivity index is 1.75. The third-order valence-electron chi connectivity index (χ3n) is 2.86. The van der Waals surface area contributed by atoms with E-state index in [1.165, 1.54) is 22.7 Å². The van der Waals surface area contributed by atoms with Crippen molar-refractivity contribution in [2.75, 3.05) is 12.4 Å². The van der Waals surface area contributed by atoms with E-state index in [9.17, 15) is 4.79 Å². The van der Waals surface area contributed by atoms with Crippen LogP contribution in [-0.4, -0.2) is 18.0 Å². The summed E-state index contributed by atoms with van der Waals surface area (Å²) in [5.74, 6) is 0.681. The molecule has 0 unspecified atom stereocenters. The van der Waals surface area contributed by atoms with Crippen molar-refractivity contribution in [3.05, 3.63) is 52.0 Å². The van der Waals surface area contributed by atoms with Crippen molar-refractivity contribution in [3.8, 4) is 17.0 Å². The molecule has 21 heavy (non-hydrogen) atoms. The summed E-state index contributed by atoms with van der Waals surface area (Å²) in [6.07, 6.45) is 0.